The first-order valence-electron chi connectivity index (χ1n) is 2.18. The van der Waals surface area contributed by atoms with Crippen LogP contribution in [0.15, 0.2) is 24.8 Å². The molecule has 0 aromatic rings. The van der Waals surface area contributed by atoms with Gasteiger partial charge in [0.1, 0.15) is 0 Å². The first-order valence-corrected chi connectivity index (χ1v) is 3.25. The highest BCUT2D eigenvalue weighted by Gasteiger charge is 1.62. The van der Waals surface area contributed by atoms with Crippen molar-refractivity contribution in [2.75, 3.05) is 0 Å². The maximum Gasteiger partial charge on any atom is 0.299 e. The lowest BCUT2D eigenvalue weighted by molar-refractivity contribution is 0.454. The Balaban J connectivity index is 0. The molecule has 0 unspecified atom stereocenters. The van der Waals surface area contributed by atoms with Gasteiger partial charge in [0.2, 0.25) is 0 Å². The van der Waals surface area contributed by atoms with Gasteiger partial charge in [-0.1, -0.05) is 24.8 Å². The van der Waals surface area contributed by atoms with Crippen LogP contribution < -0.4 is 0 Å². The summed E-state index contributed by atoms with van der Waals surface area (Å²) in [7, 11) is 0. The van der Waals surface area contributed by atoms with Gasteiger partial charge >= 0.3 is 0 Å². The smallest absolute Gasteiger partial charge is 0.284 e. The second kappa shape index (κ2) is 10.5. The average molecular weight is 150 g/mol. The van der Waals surface area contributed by atoms with E-state index in [4.69, 9.17) is 13.3 Å². The van der Waals surface area contributed by atoms with Crippen LogP contribution in [-0.2, 0) is 11.4 Å². The van der Waals surface area contributed by atoms with E-state index in [9.17, 15) is 0 Å². The molecule has 0 aliphatic carbocycles. The molecule has 3 nitrogen and oxygen atoms in total. The number of allylic oxidation sites excluding steroid dienone is 3. The summed E-state index contributed by atoms with van der Waals surface area (Å²) in [4.78, 5) is 0. The Kier molecular flexibility index (Phi) is 13.3. The van der Waals surface area contributed by atoms with Crippen LogP contribution in [0.5, 0.6) is 0 Å². The Labute approximate surface area is 57.2 Å². The van der Waals surface area contributed by atoms with Crippen molar-refractivity contribution < 1.29 is 13.3 Å². The van der Waals surface area contributed by atoms with Gasteiger partial charge in [-0.25, -0.2) is 0 Å². The number of hydrogen-bond acceptors (Lipinski definition) is 1. The van der Waals surface area contributed by atoms with Crippen LogP contribution in [0.25, 0.3) is 0 Å². The molecular formula is C5H10O3S. The highest BCUT2D eigenvalue weighted by atomic mass is 32.2. The lowest BCUT2D eigenvalue weighted by Crippen LogP contribution is -1.74. The number of rotatable bonds is 1. The molecule has 0 spiro atoms. The van der Waals surface area contributed by atoms with Crippen molar-refractivity contribution >= 4 is 11.4 Å². The minimum atomic E-state index is -2.61. The van der Waals surface area contributed by atoms with E-state index in [2.05, 4.69) is 6.58 Å². The van der Waals surface area contributed by atoms with Gasteiger partial charge in [0.25, 0.3) is 11.4 Å². The second-order valence-electron chi connectivity index (χ2n) is 0.992. The van der Waals surface area contributed by atoms with Gasteiger partial charge in [0.05, 0.1) is 0 Å². The molecule has 0 heterocycles. The van der Waals surface area contributed by atoms with E-state index in [1.54, 1.807) is 6.08 Å². The SMILES string of the molecule is C=CC=CC.O=S(O)O. The lowest BCUT2D eigenvalue weighted by Gasteiger charge is -1.59. The van der Waals surface area contributed by atoms with Crippen LogP contribution in [0.2, 0.25) is 0 Å². The van der Waals surface area contributed by atoms with Gasteiger partial charge in [-0.15, -0.1) is 0 Å². The summed E-state index contributed by atoms with van der Waals surface area (Å²) >= 11 is -2.61. The van der Waals surface area contributed by atoms with Crippen molar-refractivity contribution in [3.05, 3.63) is 24.8 Å². The fraction of sp³-hybridized carbons (Fsp3) is 0.200. The van der Waals surface area contributed by atoms with Crippen LogP contribution in [0, 0.1) is 0 Å². The van der Waals surface area contributed by atoms with E-state index in [0.29, 0.717) is 0 Å². The zero-order valence-electron chi connectivity index (χ0n) is 5.15. The van der Waals surface area contributed by atoms with Crippen molar-refractivity contribution in [3.8, 4) is 0 Å². The monoisotopic (exact) mass is 150 g/mol. The topological polar surface area (TPSA) is 57.5 Å². The predicted molar refractivity (Wildman–Crippen MR) is 38.4 cm³/mol. The molecular weight excluding hydrogens is 140 g/mol. The third-order valence-corrected chi connectivity index (χ3v) is 0.329. The normalized spacial score (nSPS) is 8.89. The van der Waals surface area contributed by atoms with E-state index in [-0.39, 0.29) is 0 Å². The first-order chi connectivity index (χ1) is 4.15. The summed E-state index contributed by atoms with van der Waals surface area (Å²) in [5, 5.41) is 0. The van der Waals surface area contributed by atoms with Crippen molar-refractivity contribution in [2.24, 2.45) is 0 Å². The maximum atomic E-state index is 8.67. The molecule has 0 aliphatic rings. The third kappa shape index (κ3) is 96.8. The number of hydrogen-bond donors (Lipinski definition) is 2. The van der Waals surface area contributed by atoms with Crippen molar-refractivity contribution in [1.82, 2.24) is 0 Å². The van der Waals surface area contributed by atoms with E-state index < -0.39 is 11.4 Å². The summed E-state index contributed by atoms with van der Waals surface area (Å²) in [5.41, 5.74) is 0. The van der Waals surface area contributed by atoms with Gasteiger partial charge in [0.15, 0.2) is 0 Å². The fourth-order valence-corrected chi connectivity index (χ4v) is 0.136. The minimum absolute atomic E-state index is 1.75. The molecule has 9 heavy (non-hydrogen) atoms. The third-order valence-electron chi connectivity index (χ3n) is 0.329. The molecule has 0 aromatic carbocycles. The second-order valence-corrected chi connectivity index (χ2v) is 1.45. The van der Waals surface area contributed by atoms with Gasteiger partial charge in [-0.2, -0.15) is 4.21 Å². The molecule has 0 aliphatic heterocycles. The predicted octanol–water partition coefficient (Wildman–Crippen LogP) is 1.43. The molecule has 0 atom stereocenters. The van der Waals surface area contributed by atoms with Crippen molar-refractivity contribution in [1.29, 1.82) is 0 Å². The molecule has 0 radical (unpaired) electrons. The Morgan fingerprint density at radius 2 is 1.89 bits per heavy atom. The largest absolute Gasteiger partial charge is 0.299 e. The fourth-order valence-electron chi connectivity index (χ4n) is 0.136. The molecule has 0 fully saturated rings. The zero-order chi connectivity index (χ0) is 7.70. The summed E-state index contributed by atoms with van der Waals surface area (Å²) in [6, 6.07) is 0. The van der Waals surface area contributed by atoms with Crippen LogP contribution in [0.1, 0.15) is 6.92 Å². The van der Waals surface area contributed by atoms with Gasteiger partial charge in [-0.05, 0) is 6.92 Å². The summed E-state index contributed by atoms with van der Waals surface area (Å²) < 4.78 is 22.8. The standard InChI is InChI=1S/C5H8.H2O3S/c1-3-5-4-2;1-4(2)3/h3-5H,1H2,2H3;(H2,1,2,3). The molecule has 0 saturated carbocycles. The van der Waals surface area contributed by atoms with Crippen LogP contribution in [0.4, 0.5) is 0 Å². The van der Waals surface area contributed by atoms with Gasteiger partial charge in [0, 0.05) is 0 Å². The van der Waals surface area contributed by atoms with E-state index in [1.165, 1.54) is 0 Å². The molecule has 4 heteroatoms. The molecule has 0 amide bonds. The summed E-state index contributed by atoms with van der Waals surface area (Å²) in [6.45, 7) is 5.42. The minimum Gasteiger partial charge on any atom is -0.284 e. The van der Waals surface area contributed by atoms with E-state index in [0.717, 1.165) is 0 Å². The molecule has 0 aromatic heterocycles. The van der Waals surface area contributed by atoms with Crippen LogP contribution >= 0.6 is 0 Å². The Hall–Kier alpha value is -0.450. The van der Waals surface area contributed by atoms with Crippen LogP contribution in [-0.4, -0.2) is 13.3 Å². The highest BCUT2D eigenvalue weighted by Crippen LogP contribution is 1.64. The van der Waals surface area contributed by atoms with Crippen molar-refractivity contribution in [2.45, 2.75) is 6.92 Å². The first kappa shape index (κ1) is 11.4. The molecule has 0 saturated heterocycles. The summed E-state index contributed by atoms with van der Waals surface area (Å²) in [6.07, 6.45) is 5.58. The highest BCUT2D eigenvalue weighted by molar-refractivity contribution is 7.73. The Morgan fingerprint density at radius 1 is 1.56 bits per heavy atom. The van der Waals surface area contributed by atoms with Crippen LogP contribution in [0.3, 0.4) is 0 Å². The Morgan fingerprint density at radius 3 is 1.89 bits per heavy atom. The quantitative estimate of drug-likeness (QED) is 0.439. The molecule has 0 rings (SSSR count). The zero-order valence-corrected chi connectivity index (χ0v) is 5.97. The maximum absolute atomic E-state index is 8.67. The average Bonchev–Trinajstić information content (AvgIpc) is 1.66. The van der Waals surface area contributed by atoms with Gasteiger partial charge < -0.3 is 0 Å². The van der Waals surface area contributed by atoms with E-state index >= 15 is 0 Å². The summed E-state index contributed by atoms with van der Waals surface area (Å²) in [5.74, 6) is 0. The molecule has 2 N–H and O–H groups in total. The molecule has 54 valence electrons. The molecule has 0 bridgehead atoms. The van der Waals surface area contributed by atoms with Gasteiger partial charge in [-0.3, -0.25) is 9.11 Å². The Bertz CT molecular complexity index is 105. The van der Waals surface area contributed by atoms with Crippen molar-refractivity contribution in [3.63, 3.8) is 0 Å². The van der Waals surface area contributed by atoms with E-state index in [1.807, 2.05) is 19.1 Å². The lowest BCUT2D eigenvalue weighted by atomic mass is 10.5.